The average Bonchev–Trinajstić information content (AvgIpc) is 2.46. The van der Waals surface area contributed by atoms with Crippen LogP contribution < -0.4 is 14.8 Å². The third-order valence-electron chi connectivity index (χ3n) is 3.41. The number of rotatable bonds is 4. The topological polar surface area (TPSA) is 90.7 Å². The largest absolute Gasteiger partial charge is 0.497 e. The van der Waals surface area contributed by atoms with E-state index in [1.54, 1.807) is 18.2 Å². The zero-order valence-electron chi connectivity index (χ0n) is 11.3. The summed E-state index contributed by atoms with van der Waals surface area (Å²) in [6.07, 6.45) is 0.373. The summed E-state index contributed by atoms with van der Waals surface area (Å²) in [5.74, 6) is 0.852. The Labute approximate surface area is 116 Å². The summed E-state index contributed by atoms with van der Waals surface area (Å²) in [5.41, 5.74) is 0.557. The molecule has 2 atom stereocenters. The highest BCUT2D eigenvalue weighted by molar-refractivity contribution is 5.77. The van der Waals surface area contributed by atoms with Crippen LogP contribution in [0.15, 0.2) is 18.2 Å². The predicted octanol–water partition coefficient (Wildman–Crippen LogP) is 1.30. The first-order chi connectivity index (χ1) is 9.56. The smallest absolute Gasteiger partial charge is 0.237 e. The Balaban J connectivity index is 2.44. The van der Waals surface area contributed by atoms with Crippen molar-refractivity contribution >= 4 is 5.91 Å². The number of methoxy groups -OCH3 is 2. The van der Waals surface area contributed by atoms with Crippen molar-refractivity contribution in [2.45, 2.75) is 24.9 Å². The fourth-order valence-electron chi connectivity index (χ4n) is 2.38. The van der Waals surface area contributed by atoms with Crippen LogP contribution in [0.1, 0.15) is 24.4 Å². The number of benzene rings is 1. The van der Waals surface area contributed by atoms with Crippen LogP contribution in [0.4, 0.5) is 0 Å². The van der Waals surface area contributed by atoms with Gasteiger partial charge in [-0.2, -0.15) is 0 Å². The highest BCUT2D eigenvalue weighted by Crippen LogP contribution is 2.34. The lowest BCUT2D eigenvalue weighted by Gasteiger charge is -2.28. The highest BCUT2D eigenvalue weighted by Gasteiger charge is 2.39. The Kier molecular flexibility index (Phi) is 4.07. The van der Waals surface area contributed by atoms with Gasteiger partial charge in [0, 0.05) is 23.3 Å². The molecule has 0 radical (unpaired) electrons. The standard InChI is InChI=1S/C13H16N2O5/c1-19-8-3-5-11(20-2)9(7-8)13-10(15(17)18)4-6-12(16)14-13/h3,5,7,10,13H,4,6H2,1-2H3,(H,14,16)/t10-,13+/m0/s1. The Bertz CT molecular complexity index is 531. The highest BCUT2D eigenvalue weighted by atomic mass is 16.6. The zero-order valence-corrected chi connectivity index (χ0v) is 11.3. The number of ether oxygens (including phenoxy) is 2. The van der Waals surface area contributed by atoms with Crippen molar-refractivity contribution in [3.05, 3.63) is 33.9 Å². The van der Waals surface area contributed by atoms with Gasteiger partial charge in [0.1, 0.15) is 17.5 Å². The van der Waals surface area contributed by atoms with Gasteiger partial charge in [0.2, 0.25) is 11.9 Å². The lowest BCUT2D eigenvalue weighted by atomic mass is 9.91. The number of nitrogens with one attached hydrogen (secondary N) is 1. The first-order valence-electron chi connectivity index (χ1n) is 6.21. The molecule has 0 aromatic heterocycles. The SMILES string of the molecule is COc1ccc(OC)c([C@H]2NC(=O)CC[C@@H]2[N+](=O)[O-])c1. The van der Waals surface area contributed by atoms with Gasteiger partial charge in [0.15, 0.2) is 0 Å². The van der Waals surface area contributed by atoms with Crippen LogP contribution in [0.5, 0.6) is 11.5 Å². The molecule has 108 valence electrons. The normalized spacial score (nSPS) is 22.0. The molecule has 1 saturated heterocycles. The predicted molar refractivity (Wildman–Crippen MR) is 70.4 cm³/mol. The van der Waals surface area contributed by atoms with Crippen LogP contribution in [-0.2, 0) is 4.79 Å². The van der Waals surface area contributed by atoms with Crippen molar-refractivity contribution in [2.24, 2.45) is 0 Å². The zero-order chi connectivity index (χ0) is 14.7. The molecule has 1 aliphatic rings. The van der Waals surface area contributed by atoms with Crippen LogP contribution in [-0.4, -0.2) is 31.1 Å². The fourth-order valence-corrected chi connectivity index (χ4v) is 2.38. The molecule has 1 amide bonds. The molecule has 0 saturated carbocycles. The van der Waals surface area contributed by atoms with Gasteiger partial charge >= 0.3 is 0 Å². The Hall–Kier alpha value is -2.31. The van der Waals surface area contributed by atoms with Gasteiger partial charge in [-0.3, -0.25) is 14.9 Å². The third kappa shape index (κ3) is 2.66. The second kappa shape index (κ2) is 5.77. The molecule has 1 aromatic rings. The summed E-state index contributed by atoms with van der Waals surface area (Å²) in [5, 5.41) is 13.9. The van der Waals surface area contributed by atoms with Crippen molar-refractivity contribution in [1.82, 2.24) is 5.32 Å². The molecule has 0 spiro atoms. The molecule has 1 aromatic carbocycles. The fraction of sp³-hybridized carbons (Fsp3) is 0.462. The van der Waals surface area contributed by atoms with Crippen molar-refractivity contribution in [1.29, 1.82) is 0 Å². The van der Waals surface area contributed by atoms with Crippen LogP contribution >= 0.6 is 0 Å². The van der Waals surface area contributed by atoms with Crippen LogP contribution in [0, 0.1) is 10.1 Å². The molecule has 1 heterocycles. The van der Waals surface area contributed by atoms with Gasteiger partial charge in [0.05, 0.1) is 14.2 Å². The molecule has 7 nitrogen and oxygen atoms in total. The molecule has 1 aliphatic heterocycles. The van der Waals surface area contributed by atoms with Crippen molar-refractivity contribution in [2.75, 3.05) is 14.2 Å². The maximum Gasteiger partial charge on any atom is 0.237 e. The maximum atomic E-state index is 11.6. The minimum Gasteiger partial charge on any atom is -0.497 e. The first-order valence-corrected chi connectivity index (χ1v) is 6.21. The lowest BCUT2D eigenvalue weighted by molar-refractivity contribution is -0.529. The number of nitro groups is 1. The number of piperidine rings is 1. The van der Waals surface area contributed by atoms with Gasteiger partial charge in [-0.15, -0.1) is 0 Å². The molecule has 20 heavy (non-hydrogen) atoms. The van der Waals surface area contributed by atoms with E-state index >= 15 is 0 Å². The minimum absolute atomic E-state index is 0.161. The molecule has 0 aliphatic carbocycles. The molecule has 1 fully saturated rings. The van der Waals surface area contributed by atoms with Crippen molar-refractivity contribution < 1.29 is 19.2 Å². The number of carbonyl (C=O) groups is 1. The number of amides is 1. The van der Waals surface area contributed by atoms with Crippen molar-refractivity contribution in [3.63, 3.8) is 0 Å². The second-order valence-corrected chi connectivity index (χ2v) is 4.54. The molecule has 0 unspecified atom stereocenters. The minimum atomic E-state index is -0.867. The lowest BCUT2D eigenvalue weighted by Crippen LogP contribution is -2.45. The summed E-state index contributed by atoms with van der Waals surface area (Å²) >= 11 is 0. The molecular weight excluding hydrogens is 264 g/mol. The maximum absolute atomic E-state index is 11.6. The number of hydrogen-bond donors (Lipinski definition) is 1. The third-order valence-corrected chi connectivity index (χ3v) is 3.41. The number of hydrogen-bond acceptors (Lipinski definition) is 5. The van der Waals surface area contributed by atoms with Crippen LogP contribution in [0.3, 0.4) is 0 Å². The monoisotopic (exact) mass is 280 g/mol. The summed E-state index contributed by atoms with van der Waals surface area (Å²) in [6.45, 7) is 0. The molecular formula is C13H16N2O5. The number of carbonyl (C=O) groups excluding carboxylic acids is 1. The van der Waals surface area contributed by atoms with Crippen LogP contribution in [0.25, 0.3) is 0 Å². The molecule has 7 heteroatoms. The van der Waals surface area contributed by atoms with Gasteiger partial charge in [0.25, 0.3) is 0 Å². The summed E-state index contributed by atoms with van der Waals surface area (Å²) in [6, 6.07) is 3.45. The van der Waals surface area contributed by atoms with E-state index in [1.165, 1.54) is 14.2 Å². The van der Waals surface area contributed by atoms with E-state index in [1.807, 2.05) is 0 Å². The summed E-state index contributed by atoms with van der Waals surface area (Å²) in [7, 11) is 2.99. The quantitative estimate of drug-likeness (QED) is 0.663. The van der Waals surface area contributed by atoms with Gasteiger partial charge in [-0.1, -0.05) is 0 Å². The summed E-state index contributed by atoms with van der Waals surface area (Å²) < 4.78 is 10.4. The van der Waals surface area contributed by atoms with E-state index in [2.05, 4.69) is 5.32 Å². The van der Waals surface area contributed by atoms with Crippen LogP contribution in [0.2, 0.25) is 0 Å². The van der Waals surface area contributed by atoms with E-state index < -0.39 is 12.1 Å². The van der Waals surface area contributed by atoms with E-state index in [0.717, 1.165) is 0 Å². The Morgan fingerprint density at radius 1 is 1.35 bits per heavy atom. The van der Waals surface area contributed by atoms with E-state index in [9.17, 15) is 14.9 Å². The van der Waals surface area contributed by atoms with Gasteiger partial charge < -0.3 is 14.8 Å². The second-order valence-electron chi connectivity index (χ2n) is 4.54. The van der Waals surface area contributed by atoms with E-state index in [4.69, 9.17) is 9.47 Å². The first kappa shape index (κ1) is 14.1. The Morgan fingerprint density at radius 3 is 2.70 bits per heavy atom. The van der Waals surface area contributed by atoms with E-state index in [0.29, 0.717) is 17.1 Å². The van der Waals surface area contributed by atoms with E-state index in [-0.39, 0.29) is 23.7 Å². The molecule has 0 bridgehead atoms. The molecule has 2 rings (SSSR count). The van der Waals surface area contributed by atoms with Gasteiger partial charge in [-0.25, -0.2) is 0 Å². The molecule has 1 N–H and O–H groups in total. The van der Waals surface area contributed by atoms with Gasteiger partial charge in [-0.05, 0) is 18.2 Å². The summed E-state index contributed by atoms with van der Waals surface area (Å²) in [4.78, 5) is 22.4. The average molecular weight is 280 g/mol. The van der Waals surface area contributed by atoms with Crippen molar-refractivity contribution in [3.8, 4) is 11.5 Å². The number of nitrogens with zero attached hydrogens (tertiary/aromatic N) is 1. The Morgan fingerprint density at radius 2 is 2.10 bits per heavy atom.